The summed E-state index contributed by atoms with van der Waals surface area (Å²) < 4.78 is 43.2. The van der Waals surface area contributed by atoms with Crippen molar-refractivity contribution in [2.24, 2.45) is 5.73 Å². The van der Waals surface area contributed by atoms with E-state index in [2.05, 4.69) is 10.2 Å². The molecule has 1 aromatic carbocycles. The standard InChI is InChI=1S/C14H18F3NO2.C3H8N2/c1-18-7-5-13(19,6-8-18)10-3-4-11(14(15,16)17)12(9-10)20-2;1-5-3-2-4/h3-4,9,19H,5-8H2,1-2H3;2-3,5H,4H2,1H3/b;3-2-. The van der Waals surface area contributed by atoms with E-state index < -0.39 is 17.3 Å². The molecule has 0 atom stereocenters. The first-order chi connectivity index (χ1) is 11.7. The fourth-order valence-corrected chi connectivity index (χ4v) is 2.59. The van der Waals surface area contributed by atoms with Crippen LogP contribution in [-0.2, 0) is 11.8 Å². The number of aliphatic hydroxyl groups is 1. The maximum atomic E-state index is 12.8. The van der Waals surface area contributed by atoms with Crippen LogP contribution < -0.4 is 15.8 Å². The first-order valence-electron chi connectivity index (χ1n) is 7.88. The number of hydrogen-bond acceptors (Lipinski definition) is 5. The lowest BCUT2D eigenvalue weighted by Crippen LogP contribution is -2.40. The molecule has 2 rings (SSSR count). The minimum Gasteiger partial charge on any atom is -0.496 e. The van der Waals surface area contributed by atoms with Crippen LogP contribution in [0.15, 0.2) is 30.6 Å². The van der Waals surface area contributed by atoms with Gasteiger partial charge in [0.25, 0.3) is 0 Å². The maximum absolute atomic E-state index is 12.8. The normalized spacial score (nSPS) is 17.7. The van der Waals surface area contributed by atoms with Gasteiger partial charge in [-0.1, -0.05) is 6.07 Å². The molecule has 0 bridgehead atoms. The average molecular weight is 361 g/mol. The van der Waals surface area contributed by atoms with Gasteiger partial charge >= 0.3 is 6.18 Å². The summed E-state index contributed by atoms with van der Waals surface area (Å²) in [6.07, 6.45) is -0.366. The Morgan fingerprint density at radius 1 is 1.32 bits per heavy atom. The van der Waals surface area contributed by atoms with Crippen LogP contribution in [0.1, 0.15) is 24.0 Å². The number of piperidine rings is 1. The third kappa shape index (κ3) is 5.82. The van der Waals surface area contributed by atoms with E-state index in [-0.39, 0.29) is 5.75 Å². The Kier molecular flexibility index (Phi) is 7.57. The second-order valence-corrected chi connectivity index (χ2v) is 5.90. The number of methoxy groups -OCH3 is 1. The van der Waals surface area contributed by atoms with Gasteiger partial charge in [-0.05, 0) is 37.6 Å². The van der Waals surface area contributed by atoms with Crippen molar-refractivity contribution in [1.82, 2.24) is 10.2 Å². The molecular formula is C17H26F3N3O2. The molecule has 1 saturated heterocycles. The minimum absolute atomic E-state index is 0.248. The van der Waals surface area contributed by atoms with Gasteiger partial charge in [0.2, 0.25) is 0 Å². The van der Waals surface area contributed by atoms with E-state index in [9.17, 15) is 18.3 Å². The molecule has 1 heterocycles. The van der Waals surface area contributed by atoms with Crippen molar-refractivity contribution in [3.8, 4) is 5.75 Å². The highest BCUT2D eigenvalue weighted by atomic mass is 19.4. The van der Waals surface area contributed by atoms with Crippen LogP contribution in [0, 0.1) is 0 Å². The predicted octanol–water partition coefficient (Wildman–Crippen LogP) is 2.26. The smallest absolute Gasteiger partial charge is 0.419 e. The van der Waals surface area contributed by atoms with Crippen LogP contribution in [0.4, 0.5) is 13.2 Å². The molecular weight excluding hydrogens is 335 g/mol. The molecule has 4 N–H and O–H groups in total. The molecule has 1 aromatic rings. The molecule has 0 saturated carbocycles. The SMILES string of the molecule is CN/C=C\N.COc1cc(C2(O)CCN(C)CC2)ccc1C(F)(F)F. The third-order valence-corrected chi connectivity index (χ3v) is 4.12. The number of nitrogens with two attached hydrogens (primary N) is 1. The van der Waals surface area contributed by atoms with Crippen LogP contribution in [0.5, 0.6) is 5.75 Å². The molecule has 0 radical (unpaired) electrons. The van der Waals surface area contributed by atoms with Crippen molar-refractivity contribution in [3.63, 3.8) is 0 Å². The van der Waals surface area contributed by atoms with Crippen LogP contribution in [0.2, 0.25) is 0 Å². The molecule has 0 aliphatic carbocycles. The van der Waals surface area contributed by atoms with E-state index in [4.69, 9.17) is 10.5 Å². The van der Waals surface area contributed by atoms with Crippen molar-refractivity contribution in [2.45, 2.75) is 24.6 Å². The molecule has 5 nitrogen and oxygen atoms in total. The van der Waals surface area contributed by atoms with Crippen LogP contribution in [0.3, 0.4) is 0 Å². The summed E-state index contributed by atoms with van der Waals surface area (Å²) in [6.45, 7) is 1.42. The highest BCUT2D eigenvalue weighted by molar-refractivity contribution is 5.41. The Morgan fingerprint density at radius 2 is 1.92 bits per heavy atom. The molecule has 0 spiro atoms. The summed E-state index contributed by atoms with van der Waals surface area (Å²) in [7, 11) is 4.95. The number of nitrogens with one attached hydrogen (secondary N) is 1. The van der Waals surface area contributed by atoms with Crippen molar-refractivity contribution in [3.05, 3.63) is 41.7 Å². The van der Waals surface area contributed by atoms with Gasteiger partial charge in [0.05, 0.1) is 18.3 Å². The summed E-state index contributed by atoms with van der Waals surface area (Å²) in [5.41, 5.74) is 3.48. The first kappa shape index (κ1) is 21.1. The van der Waals surface area contributed by atoms with Crippen LogP contribution in [0.25, 0.3) is 0 Å². The Labute approximate surface area is 146 Å². The number of nitrogens with zero attached hydrogens (tertiary/aromatic N) is 1. The third-order valence-electron chi connectivity index (χ3n) is 4.12. The second kappa shape index (κ2) is 8.96. The topological polar surface area (TPSA) is 70.8 Å². The molecule has 8 heteroatoms. The number of hydrogen-bond donors (Lipinski definition) is 3. The van der Waals surface area contributed by atoms with Crippen molar-refractivity contribution >= 4 is 0 Å². The van der Waals surface area contributed by atoms with Gasteiger partial charge in [0.15, 0.2) is 0 Å². The highest BCUT2D eigenvalue weighted by Gasteiger charge is 2.37. The van der Waals surface area contributed by atoms with E-state index in [0.29, 0.717) is 31.5 Å². The van der Waals surface area contributed by atoms with Gasteiger partial charge in [0, 0.05) is 32.5 Å². The van der Waals surface area contributed by atoms with Gasteiger partial charge in [-0.2, -0.15) is 13.2 Å². The molecule has 0 unspecified atom stereocenters. The molecule has 1 aliphatic heterocycles. The fourth-order valence-electron chi connectivity index (χ4n) is 2.59. The van der Waals surface area contributed by atoms with E-state index in [1.807, 2.05) is 7.05 Å². The van der Waals surface area contributed by atoms with E-state index in [0.717, 1.165) is 6.07 Å². The van der Waals surface area contributed by atoms with Crippen molar-refractivity contribution in [1.29, 1.82) is 0 Å². The van der Waals surface area contributed by atoms with Gasteiger partial charge in [-0.3, -0.25) is 0 Å². The largest absolute Gasteiger partial charge is 0.496 e. The zero-order chi connectivity index (χ0) is 19.1. The zero-order valence-electron chi connectivity index (χ0n) is 14.7. The fraction of sp³-hybridized carbons (Fsp3) is 0.529. The summed E-state index contributed by atoms with van der Waals surface area (Å²) >= 11 is 0. The van der Waals surface area contributed by atoms with E-state index >= 15 is 0 Å². The van der Waals surface area contributed by atoms with E-state index in [1.54, 1.807) is 13.2 Å². The zero-order valence-corrected chi connectivity index (χ0v) is 14.7. The Bertz CT molecular complexity index is 569. The van der Waals surface area contributed by atoms with Gasteiger partial charge in [-0.25, -0.2) is 0 Å². The summed E-state index contributed by atoms with van der Waals surface area (Å²) in [6, 6.07) is 3.62. The van der Waals surface area contributed by atoms with E-state index in [1.165, 1.54) is 25.4 Å². The average Bonchev–Trinajstić information content (AvgIpc) is 2.57. The monoisotopic (exact) mass is 361 g/mol. The molecule has 25 heavy (non-hydrogen) atoms. The van der Waals surface area contributed by atoms with Gasteiger partial charge in [-0.15, -0.1) is 0 Å². The highest BCUT2D eigenvalue weighted by Crippen LogP contribution is 2.40. The first-order valence-corrected chi connectivity index (χ1v) is 7.88. The number of ether oxygens (including phenoxy) is 1. The summed E-state index contributed by atoms with van der Waals surface area (Å²) in [5.74, 6) is -0.248. The number of likely N-dealkylation sites (tertiary alicyclic amines) is 1. The molecule has 142 valence electrons. The Balaban J connectivity index is 0.000000550. The lowest BCUT2D eigenvalue weighted by atomic mass is 9.84. The lowest BCUT2D eigenvalue weighted by Gasteiger charge is -2.37. The predicted molar refractivity (Wildman–Crippen MR) is 91.0 cm³/mol. The number of benzene rings is 1. The Morgan fingerprint density at radius 3 is 2.32 bits per heavy atom. The molecule has 0 aromatic heterocycles. The molecule has 1 aliphatic rings. The quantitative estimate of drug-likeness (QED) is 0.770. The van der Waals surface area contributed by atoms with Crippen molar-refractivity contribution < 1.29 is 23.0 Å². The van der Waals surface area contributed by atoms with Crippen LogP contribution in [-0.4, -0.2) is 44.3 Å². The summed E-state index contributed by atoms with van der Waals surface area (Å²) in [5, 5.41) is 13.3. The summed E-state index contributed by atoms with van der Waals surface area (Å²) in [4.78, 5) is 2.08. The van der Waals surface area contributed by atoms with Crippen LogP contribution >= 0.6 is 0 Å². The number of halogens is 3. The number of rotatable bonds is 3. The molecule has 1 fully saturated rings. The maximum Gasteiger partial charge on any atom is 0.419 e. The molecule has 0 amide bonds. The lowest BCUT2D eigenvalue weighted by molar-refractivity contribution is -0.138. The number of alkyl halides is 3. The van der Waals surface area contributed by atoms with Crippen molar-refractivity contribution in [2.75, 3.05) is 34.3 Å². The second-order valence-electron chi connectivity index (χ2n) is 5.90. The van der Waals surface area contributed by atoms with Gasteiger partial charge in [0.1, 0.15) is 5.75 Å². The minimum atomic E-state index is -4.46. The Hall–Kier alpha value is -1.93. The van der Waals surface area contributed by atoms with Gasteiger partial charge < -0.3 is 25.8 Å².